The van der Waals surface area contributed by atoms with Gasteiger partial charge < -0.3 is 83.4 Å². The molecule has 648 valence electrons. The first kappa shape index (κ1) is 87.6. The number of halogens is 7. The molecule has 10 aliphatic rings. The Bertz CT molecular complexity index is 5490. The van der Waals surface area contributed by atoms with Crippen molar-refractivity contribution in [3.05, 3.63) is 312 Å². The minimum absolute atomic E-state index is 0.00853. The lowest BCUT2D eigenvalue weighted by Gasteiger charge is -2.43. The van der Waals surface area contributed by atoms with Gasteiger partial charge >= 0.3 is 13.0 Å². The summed E-state index contributed by atoms with van der Waals surface area (Å²) in [5.74, 6) is -0.117. The second kappa shape index (κ2) is 38.1. The molecule has 0 spiro atoms. The first-order chi connectivity index (χ1) is 60.4. The van der Waals surface area contributed by atoms with E-state index in [1.54, 1.807) is 24.3 Å². The Labute approximate surface area is 733 Å². The first-order valence-corrected chi connectivity index (χ1v) is 42.4. The van der Waals surface area contributed by atoms with E-state index in [1.807, 2.05) is 152 Å². The van der Waals surface area contributed by atoms with E-state index in [9.17, 15) is 27.2 Å². The van der Waals surface area contributed by atoms with Crippen LogP contribution in [-0.2, 0) is 71.0 Å². The van der Waals surface area contributed by atoms with E-state index in [0.717, 1.165) is 78.4 Å². The lowest BCUT2D eigenvalue weighted by atomic mass is 9.81. The number of nitriles is 3. The van der Waals surface area contributed by atoms with Crippen LogP contribution in [0.3, 0.4) is 0 Å². The monoisotopic (exact) mass is 1740 g/mol. The van der Waals surface area contributed by atoms with E-state index in [0.29, 0.717) is 91.7 Å². The van der Waals surface area contributed by atoms with Gasteiger partial charge in [-0.2, -0.15) is 24.6 Å². The van der Waals surface area contributed by atoms with Crippen LogP contribution in [0.2, 0.25) is 10.0 Å². The van der Waals surface area contributed by atoms with Gasteiger partial charge in [-0.1, -0.05) is 198 Å². The first-order valence-electron chi connectivity index (χ1n) is 41.6. The van der Waals surface area contributed by atoms with Crippen molar-refractivity contribution in [2.75, 3.05) is 79.8 Å². The van der Waals surface area contributed by atoms with Crippen molar-refractivity contribution in [3.8, 4) is 29.7 Å². The van der Waals surface area contributed by atoms with Gasteiger partial charge in [0, 0.05) is 71.9 Å². The van der Waals surface area contributed by atoms with Gasteiger partial charge in [0.2, 0.25) is 0 Å². The Morgan fingerprint density at radius 3 is 1.20 bits per heavy atom. The number of para-hydroxylation sites is 1. The van der Waals surface area contributed by atoms with Gasteiger partial charge in [0.05, 0.1) is 106 Å². The number of anilines is 5. The molecule has 5 saturated heterocycles. The van der Waals surface area contributed by atoms with Crippen LogP contribution in [0.5, 0.6) is 11.5 Å². The molecule has 5 fully saturated rings. The molecule has 0 amide bonds. The number of alkyl halides is 5. The average Bonchev–Trinajstić information content (AvgIpc) is 1.70. The number of hydrogen-bond donors (Lipinski definition) is 5. The predicted molar refractivity (Wildman–Crippen MR) is 463 cm³/mol. The van der Waals surface area contributed by atoms with Crippen molar-refractivity contribution in [1.29, 1.82) is 15.8 Å². The minimum Gasteiger partial charge on any atom is -0.434 e. The Balaban J connectivity index is 0.000000115. The van der Waals surface area contributed by atoms with E-state index in [-0.39, 0.29) is 114 Å². The largest absolute Gasteiger partial charge is 0.573 e. The number of fused-ring (bicyclic) bond motifs is 15. The fraction of sp³-hybridized carbons (Fsp3) is 0.357. The Kier molecular flexibility index (Phi) is 26.7. The quantitative estimate of drug-likeness (QED) is 0.0799. The Morgan fingerprint density at radius 1 is 0.376 bits per heavy atom. The van der Waals surface area contributed by atoms with E-state index in [4.69, 9.17) is 85.8 Å². The number of hydrogen-bond acceptors (Lipinski definition) is 20. The van der Waals surface area contributed by atoms with E-state index in [1.165, 1.54) is 23.3 Å². The van der Waals surface area contributed by atoms with Crippen LogP contribution in [0.4, 0.5) is 50.4 Å². The predicted octanol–water partition coefficient (Wildman–Crippen LogP) is 21.9. The van der Waals surface area contributed by atoms with Gasteiger partial charge in [-0.15, -0.1) is 13.2 Å². The van der Waals surface area contributed by atoms with Crippen LogP contribution in [-0.4, -0.2) is 96.7 Å². The van der Waals surface area contributed by atoms with Crippen molar-refractivity contribution in [2.45, 2.75) is 169 Å². The summed E-state index contributed by atoms with van der Waals surface area (Å²) in [6.45, 7) is 13.9. The molecule has 10 aliphatic heterocycles. The maximum Gasteiger partial charge on any atom is 0.573 e. The number of nitrogens with one attached hydrogen (secondary N) is 5. The smallest absolute Gasteiger partial charge is 0.434 e. The van der Waals surface area contributed by atoms with E-state index < -0.39 is 19.1 Å². The molecule has 10 aromatic carbocycles. The van der Waals surface area contributed by atoms with Crippen LogP contribution in [0.25, 0.3) is 0 Å². The Morgan fingerprint density at radius 2 is 0.752 bits per heavy atom. The summed E-state index contributed by atoms with van der Waals surface area (Å²) < 4.78 is 131. The zero-order valence-electron chi connectivity index (χ0n) is 69.5. The normalized spacial score (nSPS) is 24.9. The minimum atomic E-state index is -4.73. The summed E-state index contributed by atoms with van der Waals surface area (Å²) in [7, 11) is 0. The molecule has 10 heterocycles. The van der Waals surface area contributed by atoms with Gasteiger partial charge in [-0.05, 0) is 140 Å². The highest BCUT2D eigenvalue weighted by molar-refractivity contribution is 6.31. The molecule has 14 unspecified atom stereocenters. The third kappa shape index (κ3) is 19.6. The summed E-state index contributed by atoms with van der Waals surface area (Å²) in [5.41, 5.74) is 19.6. The third-order valence-electron chi connectivity index (χ3n) is 23.7. The molecule has 5 N–H and O–H groups in total. The molecule has 0 radical (unpaired) electrons. The zero-order chi connectivity index (χ0) is 87.3. The molecule has 0 aliphatic carbocycles. The van der Waals surface area contributed by atoms with Crippen molar-refractivity contribution in [3.63, 3.8) is 0 Å². The Hall–Kier alpha value is -10.9. The van der Waals surface area contributed by atoms with Gasteiger partial charge in [-0.3, -0.25) is 0 Å². The van der Waals surface area contributed by atoms with Crippen molar-refractivity contribution >= 4 is 51.6 Å². The van der Waals surface area contributed by atoms with Gasteiger partial charge in [-0.25, -0.2) is 0 Å². The summed E-state index contributed by atoms with van der Waals surface area (Å²) in [5, 5.41) is 46.0. The molecule has 0 aromatic heterocycles. The van der Waals surface area contributed by atoms with Gasteiger partial charge in [0.1, 0.15) is 86.1 Å². The molecule has 27 heteroatoms. The highest BCUT2D eigenvalue weighted by Gasteiger charge is 2.49. The number of ether oxygens (including phenoxy) is 12. The second-order valence-electron chi connectivity index (χ2n) is 33.7. The van der Waals surface area contributed by atoms with Crippen LogP contribution in [0, 0.1) is 34.0 Å². The van der Waals surface area contributed by atoms with Gasteiger partial charge in [0.25, 0.3) is 0 Å². The lowest BCUT2D eigenvalue weighted by molar-refractivity contribution is -0.274. The van der Waals surface area contributed by atoms with Crippen molar-refractivity contribution in [1.82, 2.24) is 0 Å². The maximum atomic E-state index is 12.9. The topological polar surface area (TPSA) is 242 Å². The lowest BCUT2D eigenvalue weighted by Crippen LogP contribution is -2.43. The average molecular weight is 1740 g/mol. The van der Waals surface area contributed by atoms with Crippen LogP contribution >= 0.6 is 23.2 Å². The van der Waals surface area contributed by atoms with E-state index in [2.05, 4.69) is 121 Å². The molecular weight excluding hydrogens is 1650 g/mol. The molecule has 125 heavy (non-hydrogen) atoms. The van der Waals surface area contributed by atoms with Crippen LogP contribution in [0.15, 0.2) is 218 Å². The number of benzene rings is 10. The highest BCUT2D eigenvalue weighted by Crippen LogP contribution is 2.53. The second-order valence-corrected chi connectivity index (χ2v) is 34.5. The molecular formula is C98H95Cl2F5N8O12. The van der Waals surface area contributed by atoms with E-state index >= 15 is 0 Å². The van der Waals surface area contributed by atoms with Crippen molar-refractivity contribution in [2.24, 2.45) is 0 Å². The fourth-order valence-electron chi connectivity index (χ4n) is 17.7. The highest BCUT2D eigenvalue weighted by atomic mass is 35.5. The molecule has 0 bridgehead atoms. The van der Waals surface area contributed by atoms with Crippen LogP contribution in [0.1, 0.15) is 186 Å². The molecule has 0 saturated carbocycles. The molecule has 10 aromatic rings. The summed E-state index contributed by atoms with van der Waals surface area (Å²) in [4.78, 5) is 0. The SMILES string of the molecule is CC(C)(C)c1ccc2c(c1)C1OCCOC1C(c1ccccc1OC(F)F)N2.CC(C)(C)c1ccc2c(c1)C1OCOC1C(c1cccc(C#N)c1)N2.FC(F)(F)Oc1ccc2c(c1)C1OCOC1C(c1ccccc1)N2.N#CCc1ccc2c(c1)C1OCCOC1C(c1ccccc1Cl)N2.N#CCc1ccc2c(c1)C1OCCOC1[C@H](c1ccccc1Cl)N2. The summed E-state index contributed by atoms with van der Waals surface area (Å²) in [6.07, 6.45) is -6.11. The summed E-state index contributed by atoms with van der Waals surface area (Å²) >= 11 is 12.8. The summed E-state index contributed by atoms with van der Waals surface area (Å²) in [6, 6.07) is 74.9. The molecule has 20 rings (SSSR count). The van der Waals surface area contributed by atoms with Crippen LogP contribution < -0.4 is 36.1 Å². The standard InChI is InChI=1S/C22H25F2NO3.C21H22N2O2.2C19H17ClN2O2.C17H14F3NO3/c1-22(2,3)13-8-9-16-15(12-13)19-20(27-11-10-26-19)18(25-16)14-6-4-5-7-17(14)28-21(23)24;1-21(2,3)15-7-8-17-16(10-15)19-20(25-12-24-19)18(23-17)14-6-4-5-13(9-14)11-22;2*20-15-4-2-1-3-13(15)17-19-18(23-9-10-24-19)14-11-12(7-8-21)5-6-16(14)22-17;18-17(19,20)24-11-6-7-13-12(8-11)15-16(23-9-22-15)14(21-13)10-4-2-1-3-5-10/h4-9,12,18-21,25H,10-11H2,1-3H3;4-10,18-20,23H,12H2,1-3H3;2*1-6,11,17-19,22H,7,9-10H2;1-8,14-16,21H,9H2/t;;17-,18?,19?;;/m..0../s1. The molecule has 20 nitrogen and oxygen atoms in total. The molecule has 15 atom stereocenters. The maximum absolute atomic E-state index is 12.9. The third-order valence-corrected chi connectivity index (χ3v) is 24.4. The zero-order valence-corrected chi connectivity index (χ0v) is 71.0. The van der Waals surface area contributed by atoms with Gasteiger partial charge in [0.15, 0.2) is 0 Å². The van der Waals surface area contributed by atoms with Crippen molar-refractivity contribution < 1.29 is 78.8 Å². The number of nitrogens with zero attached hydrogens (tertiary/aromatic N) is 3. The fourth-order valence-corrected chi connectivity index (χ4v) is 18.2. The number of rotatable bonds is 10.